The molecule has 0 fully saturated rings. The van der Waals surface area contributed by atoms with Gasteiger partial charge >= 0.3 is 0 Å². The molecule has 92 valence electrons. The van der Waals surface area contributed by atoms with E-state index in [9.17, 15) is 0 Å². The van der Waals surface area contributed by atoms with E-state index in [1.54, 1.807) is 0 Å². The van der Waals surface area contributed by atoms with Gasteiger partial charge in [0.2, 0.25) is 0 Å². The molecule has 0 saturated carbocycles. The van der Waals surface area contributed by atoms with E-state index in [0.29, 0.717) is 10.9 Å². The fraction of sp³-hybridized carbons (Fsp3) is 0.0714. The van der Waals surface area contributed by atoms with Gasteiger partial charge < -0.3 is 5.43 Å². The van der Waals surface area contributed by atoms with Crippen LogP contribution in [0.2, 0.25) is 5.02 Å². The lowest BCUT2D eigenvalue weighted by molar-refractivity contribution is 1.02. The molecule has 3 N–H and O–H groups in total. The second-order valence-corrected chi connectivity index (χ2v) is 4.31. The van der Waals surface area contributed by atoms with Gasteiger partial charge in [-0.2, -0.15) is 0 Å². The highest BCUT2D eigenvalue weighted by atomic mass is 35.5. The number of hydrogen-bond acceptors (Lipinski definition) is 2. The van der Waals surface area contributed by atoms with E-state index in [4.69, 9.17) is 17.4 Å². The standard InChI is InChI=1S/C14H14ClN3/c1-10-7-8-11(9-13(10)15)14(18-16)17-12-5-3-2-4-6-12/h2-9H,16H2,1H3,(H,17,18). The van der Waals surface area contributed by atoms with Crippen molar-refractivity contribution in [3.63, 3.8) is 0 Å². The summed E-state index contributed by atoms with van der Waals surface area (Å²) in [4.78, 5) is 4.44. The number of hydrazine groups is 1. The van der Waals surface area contributed by atoms with Crippen molar-refractivity contribution in [2.75, 3.05) is 0 Å². The average molecular weight is 260 g/mol. The molecular weight excluding hydrogens is 246 g/mol. The highest BCUT2D eigenvalue weighted by Gasteiger charge is 2.04. The minimum atomic E-state index is 0.586. The SMILES string of the molecule is Cc1ccc(C(=Nc2ccccc2)NN)cc1Cl. The third kappa shape index (κ3) is 2.88. The van der Waals surface area contributed by atoms with Gasteiger partial charge in [-0.15, -0.1) is 0 Å². The normalized spacial score (nSPS) is 11.4. The third-order valence-electron chi connectivity index (χ3n) is 2.58. The van der Waals surface area contributed by atoms with Crippen LogP contribution in [0.4, 0.5) is 5.69 Å². The van der Waals surface area contributed by atoms with Crippen LogP contribution in [-0.4, -0.2) is 5.84 Å². The Balaban J connectivity index is 2.39. The number of hydrogen-bond donors (Lipinski definition) is 2. The Kier molecular flexibility index (Phi) is 3.97. The molecule has 0 aliphatic rings. The molecule has 18 heavy (non-hydrogen) atoms. The van der Waals surface area contributed by atoms with Crippen molar-refractivity contribution in [2.24, 2.45) is 10.8 Å². The van der Waals surface area contributed by atoms with E-state index in [1.807, 2.05) is 55.5 Å². The molecule has 0 saturated heterocycles. The fourth-order valence-corrected chi connectivity index (χ4v) is 1.73. The van der Waals surface area contributed by atoms with Gasteiger partial charge in [0.05, 0.1) is 5.69 Å². The van der Waals surface area contributed by atoms with Crippen molar-refractivity contribution in [3.8, 4) is 0 Å². The Morgan fingerprint density at radius 3 is 2.50 bits per heavy atom. The van der Waals surface area contributed by atoms with Gasteiger partial charge in [0, 0.05) is 10.6 Å². The predicted molar refractivity (Wildman–Crippen MR) is 76.2 cm³/mol. The summed E-state index contributed by atoms with van der Waals surface area (Å²) in [6.45, 7) is 1.95. The number of halogens is 1. The minimum Gasteiger partial charge on any atom is -0.308 e. The molecule has 2 rings (SSSR count). The van der Waals surface area contributed by atoms with E-state index in [0.717, 1.165) is 16.8 Å². The second-order valence-electron chi connectivity index (χ2n) is 3.90. The summed E-state index contributed by atoms with van der Waals surface area (Å²) in [6.07, 6.45) is 0. The number of rotatable bonds is 2. The molecule has 0 atom stereocenters. The summed E-state index contributed by atoms with van der Waals surface area (Å²) >= 11 is 6.09. The van der Waals surface area contributed by atoms with Crippen molar-refractivity contribution in [1.82, 2.24) is 5.43 Å². The van der Waals surface area contributed by atoms with E-state index < -0.39 is 0 Å². The van der Waals surface area contributed by atoms with Crippen LogP contribution in [0.15, 0.2) is 53.5 Å². The van der Waals surface area contributed by atoms with Gasteiger partial charge in [0.25, 0.3) is 0 Å². The maximum absolute atomic E-state index is 6.09. The van der Waals surface area contributed by atoms with Gasteiger partial charge in [-0.1, -0.05) is 41.9 Å². The number of nitrogens with one attached hydrogen (secondary N) is 1. The maximum atomic E-state index is 6.09. The van der Waals surface area contributed by atoms with Crippen LogP contribution in [0.25, 0.3) is 0 Å². The molecule has 4 heteroatoms. The number of amidine groups is 1. The van der Waals surface area contributed by atoms with Crippen LogP contribution in [0.1, 0.15) is 11.1 Å². The lowest BCUT2D eigenvalue weighted by atomic mass is 10.1. The maximum Gasteiger partial charge on any atom is 0.147 e. The molecule has 0 spiro atoms. The van der Waals surface area contributed by atoms with Gasteiger partial charge in [0.15, 0.2) is 0 Å². The second kappa shape index (κ2) is 5.67. The van der Waals surface area contributed by atoms with E-state index in [1.165, 1.54) is 0 Å². The first kappa shape index (κ1) is 12.6. The van der Waals surface area contributed by atoms with Gasteiger partial charge in [-0.25, -0.2) is 10.8 Å². The highest BCUT2D eigenvalue weighted by molar-refractivity contribution is 6.31. The molecule has 2 aromatic carbocycles. The molecule has 0 aromatic heterocycles. The first-order valence-corrected chi connectivity index (χ1v) is 5.95. The van der Waals surface area contributed by atoms with Crippen molar-refractivity contribution in [2.45, 2.75) is 6.92 Å². The topological polar surface area (TPSA) is 50.4 Å². The largest absolute Gasteiger partial charge is 0.308 e. The monoisotopic (exact) mass is 259 g/mol. The molecule has 0 amide bonds. The fourth-order valence-electron chi connectivity index (χ4n) is 1.55. The van der Waals surface area contributed by atoms with Crippen LogP contribution >= 0.6 is 11.6 Å². The molecule has 3 nitrogen and oxygen atoms in total. The number of nitrogens with zero attached hydrogens (tertiary/aromatic N) is 1. The zero-order chi connectivity index (χ0) is 13.0. The number of aryl methyl sites for hydroxylation is 1. The summed E-state index contributed by atoms with van der Waals surface area (Å²) in [5.41, 5.74) is 5.32. The van der Waals surface area contributed by atoms with E-state index >= 15 is 0 Å². The lowest BCUT2D eigenvalue weighted by Crippen LogP contribution is -2.30. The van der Waals surface area contributed by atoms with Crippen molar-refractivity contribution in [3.05, 3.63) is 64.7 Å². The molecule has 0 bridgehead atoms. The molecule has 2 aromatic rings. The zero-order valence-electron chi connectivity index (χ0n) is 10.0. The van der Waals surface area contributed by atoms with E-state index in [2.05, 4.69) is 10.4 Å². The molecule has 0 unspecified atom stereocenters. The Labute approximate surface area is 111 Å². The minimum absolute atomic E-state index is 0.586. The van der Waals surface area contributed by atoms with Crippen LogP contribution in [-0.2, 0) is 0 Å². The number of aliphatic imine (C=N–C) groups is 1. The zero-order valence-corrected chi connectivity index (χ0v) is 10.8. The summed E-state index contributed by atoms with van der Waals surface area (Å²) in [6, 6.07) is 15.3. The van der Waals surface area contributed by atoms with Crippen molar-refractivity contribution >= 4 is 23.1 Å². The van der Waals surface area contributed by atoms with Gasteiger partial charge in [-0.05, 0) is 30.7 Å². The highest BCUT2D eigenvalue weighted by Crippen LogP contribution is 2.18. The summed E-state index contributed by atoms with van der Waals surface area (Å²) in [5.74, 6) is 6.10. The number of benzene rings is 2. The third-order valence-corrected chi connectivity index (χ3v) is 2.99. The van der Waals surface area contributed by atoms with Crippen LogP contribution < -0.4 is 11.3 Å². The summed E-state index contributed by atoms with van der Waals surface area (Å²) < 4.78 is 0. The average Bonchev–Trinajstić information content (AvgIpc) is 2.40. The Bertz CT molecular complexity index is 565. The van der Waals surface area contributed by atoms with Crippen LogP contribution in [0.3, 0.4) is 0 Å². The van der Waals surface area contributed by atoms with Crippen LogP contribution in [0.5, 0.6) is 0 Å². The first-order chi connectivity index (χ1) is 8.70. The molecule has 0 aliphatic carbocycles. The Morgan fingerprint density at radius 1 is 1.17 bits per heavy atom. The van der Waals surface area contributed by atoms with Gasteiger partial charge in [0.1, 0.15) is 5.84 Å². The molecular formula is C14H14ClN3. The van der Waals surface area contributed by atoms with Crippen molar-refractivity contribution < 1.29 is 0 Å². The molecule has 0 heterocycles. The molecule has 0 radical (unpaired) electrons. The van der Waals surface area contributed by atoms with E-state index in [-0.39, 0.29) is 0 Å². The number of para-hydroxylation sites is 1. The Morgan fingerprint density at radius 2 is 1.89 bits per heavy atom. The quantitative estimate of drug-likeness (QED) is 0.377. The lowest BCUT2D eigenvalue weighted by Gasteiger charge is -2.07. The number of nitrogens with two attached hydrogens (primary N) is 1. The smallest absolute Gasteiger partial charge is 0.147 e. The molecule has 0 aliphatic heterocycles. The van der Waals surface area contributed by atoms with Crippen molar-refractivity contribution in [1.29, 1.82) is 0 Å². The summed E-state index contributed by atoms with van der Waals surface area (Å²) in [5, 5.41) is 0.698. The van der Waals surface area contributed by atoms with Gasteiger partial charge in [-0.3, -0.25) is 0 Å². The Hall–Kier alpha value is -1.84. The predicted octanol–water partition coefficient (Wildman–Crippen LogP) is 3.19. The summed E-state index contributed by atoms with van der Waals surface area (Å²) in [7, 11) is 0. The van der Waals surface area contributed by atoms with Crippen LogP contribution in [0, 0.1) is 6.92 Å². The first-order valence-electron chi connectivity index (χ1n) is 5.57.